The molecule has 3 heterocycles. The van der Waals surface area contributed by atoms with E-state index in [1.165, 1.54) is 6.07 Å². The van der Waals surface area contributed by atoms with Crippen molar-refractivity contribution in [1.82, 2.24) is 19.8 Å². The zero-order valence-electron chi connectivity index (χ0n) is 14.7. The summed E-state index contributed by atoms with van der Waals surface area (Å²) in [6.07, 6.45) is 2.85. The number of nitrogens with one attached hydrogen (secondary N) is 1. The van der Waals surface area contributed by atoms with Crippen molar-refractivity contribution in [2.75, 3.05) is 13.1 Å². The fraction of sp³-hybridized carbons (Fsp3) is 0.611. The lowest BCUT2D eigenvalue weighted by Crippen LogP contribution is -2.36. The maximum atomic E-state index is 12.9. The molecule has 2 fully saturated rings. The second kappa shape index (κ2) is 6.65. The Morgan fingerprint density at radius 2 is 2.08 bits per heavy atom. The van der Waals surface area contributed by atoms with Gasteiger partial charge in [-0.15, -0.1) is 11.3 Å². The summed E-state index contributed by atoms with van der Waals surface area (Å²) in [6.45, 7) is 3.28. The predicted octanol–water partition coefficient (Wildman–Crippen LogP) is 3.64. The summed E-state index contributed by atoms with van der Waals surface area (Å²) in [5.74, 6) is 0.952. The van der Waals surface area contributed by atoms with E-state index in [1.807, 2.05) is 17.8 Å². The van der Waals surface area contributed by atoms with E-state index in [1.54, 1.807) is 12.3 Å². The van der Waals surface area contributed by atoms with Crippen LogP contribution in [0.2, 0.25) is 0 Å². The van der Waals surface area contributed by atoms with Gasteiger partial charge in [-0.1, -0.05) is 0 Å². The highest BCUT2D eigenvalue weighted by atomic mass is 32.1. The van der Waals surface area contributed by atoms with E-state index in [4.69, 9.17) is 0 Å². The molecule has 1 saturated heterocycles. The number of hydrogen-bond acceptors (Lipinski definition) is 4. The summed E-state index contributed by atoms with van der Waals surface area (Å²) in [6, 6.07) is 3.25. The zero-order valence-corrected chi connectivity index (χ0v) is 15.5. The predicted molar refractivity (Wildman–Crippen MR) is 94.7 cm³/mol. The van der Waals surface area contributed by atoms with Crippen LogP contribution in [0.3, 0.4) is 0 Å². The number of imidazole rings is 1. The number of halogens is 3. The van der Waals surface area contributed by atoms with E-state index < -0.39 is 11.1 Å². The van der Waals surface area contributed by atoms with E-state index in [0.29, 0.717) is 24.5 Å². The van der Waals surface area contributed by atoms with Gasteiger partial charge < -0.3 is 9.88 Å². The fourth-order valence-electron chi connectivity index (χ4n) is 4.13. The van der Waals surface area contributed by atoms with Crippen LogP contribution in [-0.2, 0) is 26.3 Å². The van der Waals surface area contributed by atoms with Gasteiger partial charge in [0.25, 0.3) is 0 Å². The van der Waals surface area contributed by atoms with Crippen molar-refractivity contribution >= 4 is 11.3 Å². The Balaban J connectivity index is 1.53. The Hall–Kier alpha value is -1.38. The molecule has 0 bridgehead atoms. The summed E-state index contributed by atoms with van der Waals surface area (Å²) in [5.41, 5.74) is 0.334. The van der Waals surface area contributed by atoms with Gasteiger partial charge in [-0.25, -0.2) is 4.98 Å². The highest BCUT2D eigenvalue weighted by Crippen LogP contribution is 2.56. The molecule has 4 rings (SSSR count). The van der Waals surface area contributed by atoms with E-state index in [9.17, 15) is 13.2 Å². The molecule has 142 valence electrons. The summed E-state index contributed by atoms with van der Waals surface area (Å²) in [7, 11) is 1.96. The number of aromatic nitrogens is 2. The number of rotatable bonds is 5. The van der Waals surface area contributed by atoms with Crippen LogP contribution in [-0.4, -0.2) is 33.6 Å². The molecular formula is C18H23F3N4S. The summed E-state index contributed by atoms with van der Waals surface area (Å²) in [5, 5.41) is 3.41. The molecule has 0 radical (unpaired) electrons. The smallest absolute Gasteiger partial charge is 0.337 e. The number of hydrogen-bond donors (Lipinski definition) is 1. The van der Waals surface area contributed by atoms with E-state index >= 15 is 0 Å². The van der Waals surface area contributed by atoms with Crippen LogP contribution in [0.15, 0.2) is 24.5 Å². The Morgan fingerprint density at radius 3 is 2.69 bits per heavy atom. The van der Waals surface area contributed by atoms with Gasteiger partial charge in [-0.2, -0.15) is 13.2 Å². The molecule has 4 nitrogen and oxygen atoms in total. The van der Waals surface area contributed by atoms with Gasteiger partial charge >= 0.3 is 6.18 Å². The molecule has 8 heteroatoms. The highest BCUT2D eigenvalue weighted by Gasteiger charge is 2.56. The first-order chi connectivity index (χ1) is 12.4. The number of thiophene rings is 1. The monoisotopic (exact) mass is 384 g/mol. The van der Waals surface area contributed by atoms with Crippen molar-refractivity contribution < 1.29 is 13.2 Å². The Morgan fingerprint density at radius 1 is 1.31 bits per heavy atom. The van der Waals surface area contributed by atoms with Gasteiger partial charge in [-0.05, 0) is 49.9 Å². The quantitative estimate of drug-likeness (QED) is 0.854. The van der Waals surface area contributed by atoms with E-state index in [0.717, 1.165) is 54.4 Å². The minimum Gasteiger partial charge on any atom is -0.337 e. The van der Waals surface area contributed by atoms with Crippen molar-refractivity contribution in [3.63, 3.8) is 0 Å². The molecule has 2 aromatic heterocycles. The third kappa shape index (κ3) is 3.54. The first-order valence-electron chi connectivity index (χ1n) is 8.94. The first-order valence-corrected chi connectivity index (χ1v) is 9.76. The molecule has 1 aliphatic heterocycles. The molecular weight excluding hydrogens is 361 g/mol. The third-order valence-corrected chi connectivity index (χ3v) is 6.87. The largest absolute Gasteiger partial charge is 0.425 e. The van der Waals surface area contributed by atoms with Crippen molar-refractivity contribution in [1.29, 1.82) is 0 Å². The average Bonchev–Trinajstić information content (AvgIpc) is 2.94. The number of piperidine rings is 1. The van der Waals surface area contributed by atoms with Gasteiger partial charge in [0, 0.05) is 36.9 Å². The van der Waals surface area contributed by atoms with Crippen molar-refractivity contribution in [3.05, 3.63) is 40.1 Å². The fourth-order valence-corrected chi connectivity index (χ4v) is 5.03. The maximum Gasteiger partial charge on any atom is 0.425 e. The first kappa shape index (κ1) is 18.0. The third-order valence-electron chi connectivity index (χ3n) is 5.75. The molecule has 1 saturated carbocycles. The highest BCUT2D eigenvalue weighted by molar-refractivity contribution is 7.12. The van der Waals surface area contributed by atoms with Crippen molar-refractivity contribution in [2.45, 2.75) is 44.6 Å². The van der Waals surface area contributed by atoms with Crippen LogP contribution in [0.1, 0.15) is 34.8 Å². The van der Waals surface area contributed by atoms with Crippen LogP contribution in [0, 0.1) is 5.41 Å². The van der Waals surface area contributed by atoms with Gasteiger partial charge in [0.1, 0.15) is 10.7 Å². The normalized spacial score (nSPS) is 22.3. The molecule has 2 aromatic rings. The lowest BCUT2D eigenvalue weighted by Gasteiger charge is -2.29. The molecule has 26 heavy (non-hydrogen) atoms. The minimum absolute atomic E-state index is 0.334. The second-order valence-corrected chi connectivity index (χ2v) is 8.62. The molecule has 0 aromatic carbocycles. The number of nitrogens with zero attached hydrogens (tertiary/aromatic N) is 3. The van der Waals surface area contributed by atoms with E-state index in [2.05, 4.69) is 15.2 Å². The van der Waals surface area contributed by atoms with Crippen LogP contribution in [0.4, 0.5) is 13.2 Å². The van der Waals surface area contributed by atoms with Gasteiger partial charge in [0.2, 0.25) is 0 Å². The van der Waals surface area contributed by atoms with Crippen LogP contribution in [0.5, 0.6) is 0 Å². The molecule has 1 spiro atoms. The Labute approximate surface area is 155 Å². The lowest BCUT2D eigenvalue weighted by atomic mass is 9.93. The second-order valence-electron chi connectivity index (χ2n) is 7.46. The Kier molecular flexibility index (Phi) is 4.61. The molecule has 1 aliphatic carbocycles. The Bertz CT molecular complexity index is 761. The van der Waals surface area contributed by atoms with Crippen LogP contribution < -0.4 is 5.32 Å². The lowest BCUT2D eigenvalue weighted by molar-refractivity contribution is -0.134. The maximum absolute atomic E-state index is 12.9. The standard InChI is InChI=1S/C18H23F3N4S/c1-24-9-8-23-16(24)12-25(14-10-17(14)4-6-22-7-5-17)11-13-2-3-15(26-13)18(19,20)21/h2-3,8-9,14,22H,4-7,10-12H2,1H3. The van der Waals surface area contributed by atoms with Crippen molar-refractivity contribution in [3.8, 4) is 0 Å². The summed E-state index contributed by atoms with van der Waals surface area (Å²) >= 11 is 0.859. The minimum atomic E-state index is -4.26. The van der Waals surface area contributed by atoms with Gasteiger partial charge in [-0.3, -0.25) is 4.90 Å². The van der Waals surface area contributed by atoms with Gasteiger partial charge in [0.05, 0.1) is 6.54 Å². The summed E-state index contributed by atoms with van der Waals surface area (Å²) < 4.78 is 40.8. The average molecular weight is 384 g/mol. The van der Waals surface area contributed by atoms with Crippen LogP contribution >= 0.6 is 11.3 Å². The van der Waals surface area contributed by atoms with Gasteiger partial charge in [0.15, 0.2) is 0 Å². The molecule has 0 amide bonds. The molecule has 1 atom stereocenters. The van der Waals surface area contributed by atoms with Crippen molar-refractivity contribution in [2.24, 2.45) is 12.5 Å². The topological polar surface area (TPSA) is 33.1 Å². The zero-order chi connectivity index (χ0) is 18.4. The van der Waals surface area contributed by atoms with Crippen LogP contribution in [0.25, 0.3) is 0 Å². The number of aryl methyl sites for hydroxylation is 1. The number of alkyl halides is 3. The molecule has 1 N–H and O–H groups in total. The molecule has 2 aliphatic rings. The molecule has 1 unspecified atom stereocenters. The summed E-state index contributed by atoms with van der Waals surface area (Å²) in [4.78, 5) is 7.00. The SMILES string of the molecule is Cn1ccnc1CN(Cc1ccc(C(F)(F)F)s1)C1CC12CCNCC2. The van der Waals surface area contributed by atoms with E-state index in [-0.39, 0.29) is 0 Å².